The Morgan fingerprint density at radius 2 is 2.10 bits per heavy atom. The van der Waals surface area contributed by atoms with Gasteiger partial charge in [0.1, 0.15) is 5.82 Å². The Kier molecular flexibility index (Phi) is 5.32. The van der Waals surface area contributed by atoms with Gasteiger partial charge in [-0.15, -0.1) is 0 Å². The molecule has 29 heavy (non-hydrogen) atoms. The molecular weight excluding hydrogens is 369 g/mol. The van der Waals surface area contributed by atoms with Crippen molar-refractivity contribution < 1.29 is 8.91 Å². The number of nitrogens with zero attached hydrogens (tertiary/aromatic N) is 5. The summed E-state index contributed by atoms with van der Waals surface area (Å²) in [5.41, 5.74) is 4.65. The van der Waals surface area contributed by atoms with Gasteiger partial charge in [0.15, 0.2) is 5.76 Å². The van der Waals surface area contributed by atoms with Gasteiger partial charge >= 0.3 is 0 Å². The molecule has 1 atom stereocenters. The minimum absolute atomic E-state index is 0.111. The van der Waals surface area contributed by atoms with Crippen LogP contribution in [0.4, 0.5) is 10.3 Å². The second kappa shape index (κ2) is 7.91. The van der Waals surface area contributed by atoms with Crippen LogP contribution in [-0.4, -0.2) is 40.7 Å². The smallest absolute Gasteiger partial charge is 0.225 e. The minimum Gasteiger partial charge on any atom is -0.356 e. The summed E-state index contributed by atoms with van der Waals surface area (Å²) >= 11 is 0. The molecule has 1 aliphatic heterocycles. The number of anilines is 1. The molecule has 152 valence electrons. The van der Waals surface area contributed by atoms with Crippen LogP contribution in [0, 0.1) is 19.7 Å². The van der Waals surface area contributed by atoms with E-state index in [1.54, 1.807) is 12.1 Å². The van der Waals surface area contributed by atoms with Crippen LogP contribution in [0.25, 0.3) is 11.3 Å². The predicted molar refractivity (Wildman–Crippen MR) is 110 cm³/mol. The molecule has 3 aromatic rings. The van der Waals surface area contributed by atoms with Gasteiger partial charge in [-0.2, -0.15) is 0 Å². The summed E-state index contributed by atoms with van der Waals surface area (Å²) in [6.07, 6.45) is 3.89. The van der Waals surface area contributed by atoms with E-state index in [1.807, 2.05) is 45.1 Å². The summed E-state index contributed by atoms with van der Waals surface area (Å²) in [4.78, 5) is 13.7. The van der Waals surface area contributed by atoms with E-state index in [4.69, 9.17) is 9.51 Å². The third kappa shape index (κ3) is 3.87. The number of benzene rings is 1. The SMILES string of the molecule is Cc1noc(-c2cnc(N(C)C)nc2C2CCCN2Cc2cccc(F)c2)c1C. The van der Waals surface area contributed by atoms with E-state index >= 15 is 0 Å². The first-order valence-electron chi connectivity index (χ1n) is 9.90. The van der Waals surface area contributed by atoms with Crippen molar-refractivity contribution in [2.75, 3.05) is 25.5 Å². The predicted octanol–water partition coefficient (Wildman–Crippen LogP) is 4.29. The monoisotopic (exact) mass is 395 g/mol. The van der Waals surface area contributed by atoms with E-state index in [1.165, 1.54) is 6.07 Å². The zero-order valence-corrected chi connectivity index (χ0v) is 17.3. The van der Waals surface area contributed by atoms with Crippen LogP contribution in [-0.2, 0) is 6.54 Å². The number of halogens is 1. The Hall–Kier alpha value is -2.80. The number of aryl methyl sites for hydroxylation is 1. The molecular formula is C22H26FN5O. The van der Waals surface area contributed by atoms with Crippen molar-refractivity contribution in [3.63, 3.8) is 0 Å². The minimum atomic E-state index is -0.205. The van der Waals surface area contributed by atoms with Crippen LogP contribution in [0.2, 0.25) is 0 Å². The third-order valence-electron chi connectivity index (χ3n) is 5.56. The highest BCUT2D eigenvalue weighted by Crippen LogP contribution is 2.39. The molecule has 0 saturated carbocycles. The first-order chi connectivity index (χ1) is 13.9. The molecule has 6 nitrogen and oxygen atoms in total. The van der Waals surface area contributed by atoms with Crippen molar-refractivity contribution in [3.05, 3.63) is 58.8 Å². The molecule has 1 aliphatic rings. The fourth-order valence-corrected chi connectivity index (χ4v) is 3.89. The molecule has 1 saturated heterocycles. The molecule has 1 aromatic carbocycles. The van der Waals surface area contributed by atoms with Crippen LogP contribution >= 0.6 is 0 Å². The van der Waals surface area contributed by atoms with Gasteiger partial charge in [-0.1, -0.05) is 17.3 Å². The van der Waals surface area contributed by atoms with E-state index in [9.17, 15) is 4.39 Å². The molecule has 7 heteroatoms. The summed E-state index contributed by atoms with van der Waals surface area (Å²) in [6, 6.07) is 6.92. The topological polar surface area (TPSA) is 58.3 Å². The van der Waals surface area contributed by atoms with E-state index < -0.39 is 0 Å². The number of hydrogen-bond acceptors (Lipinski definition) is 6. The number of hydrogen-bond donors (Lipinski definition) is 0. The largest absolute Gasteiger partial charge is 0.356 e. The summed E-state index contributed by atoms with van der Waals surface area (Å²) < 4.78 is 19.3. The van der Waals surface area contributed by atoms with Gasteiger partial charge < -0.3 is 9.42 Å². The van der Waals surface area contributed by atoms with Gasteiger partial charge in [0.05, 0.1) is 23.0 Å². The molecule has 1 unspecified atom stereocenters. The lowest BCUT2D eigenvalue weighted by Gasteiger charge is -2.26. The summed E-state index contributed by atoms with van der Waals surface area (Å²) in [5, 5.41) is 4.12. The average Bonchev–Trinajstić information content (AvgIpc) is 3.28. The number of likely N-dealkylation sites (tertiary alicyclic amines) is 1. The lowest BCUT2D eigenvalue weighted by atomic mass is 10.0. The summed E-state index contributed by atoms with van der Waals surface area (Å²) in [5.74, 6) is 1.18. The van der Waals surface area contributed by atoms with Crippen molar-refractivity contribution in [1.82, 2.24) is 20.0 Å². The quantitative estimate of drug-likeness (QED) is 0.642. The van der Waals surface area contributed by atoms with Gasteiger partial charge in [-0.3, -0.25) is 4.90 Å². The fraction of sp³-hybridized carbons (Fsp3) is 0.409. The van der Waals surface area contributed by atoms with Gasteiger partial charge in [-0.05, 0) is 50.9 Å². The van der Waals surface area contributed by atoms with Crippen LogP contribution in [0.1, 0.15) is 41.4 Å². The van der Waals surface area contributed by atoms with Crippen LogP contribution in [0.3, 0.4) is 0 Å². The molecule has 0 N–H and O–H groups in total. The highest BCUT2D eigenvalue weighted by atomic mass is 19.1. The Labute approximate surface area is 170 Å². The molecule has 0 amide bonds. The van der Waals surface area contributed by atoms with Crippen LogP contribution in [0.15, 0.2) is 35.0 Å². The van der Waals surface area contributed by atoms with E-state index in [0.29, 0.717) is 12.5 Å². The zero-order chi connectivity index (χ0) is 20.5. The van der Waals surface area contributed by atoms with Crippen molar-refractivity contribution in [2.24, 2.45) is 0 Å². The Balaban J connectivity index is 1.75. The highest BCUT2D eigenvalue weighted by molar-refractivity contribution is 5.65. The first kappa shape index (κ1) is 19.5. The molecule has 0 aliphatic carbocycles. The van der Waals surface area contributed by atoms with Crippen molar-refractivity contribution in [3.8, 4) is 11.3 Å². The number of aromatic nitrogens is 3. The lowest BCUT2D eigenvalue weighted by molar-refractivity contribution is 0.244. The molecule has 0 radical (unpaired) electrons. The second-order valence-electron chi connectivity index (χ2n) is 7.84. The van der Waals surface area contributed by atoms with Gasteiger partial charge in [-0.25, -0.2) is 14.4 Å². The van der Waals surface area contributed by atoms with Gasteiger partial charge in [0.2, 0.25) is 5.95 Å². The molecule has 3 heterocycles. The maximum atomic E-state index is 13.7. The van der Waals surface area contributed by atoms with Crippen molar-refractivity contribution in [1.29, 1.82) is 0 Å². The normalized spacial score (nSPS) is 17.1. The first-order valence-corrected chi connectivity index (χ1v) is 9.90. The molecule has 0 bridgehead atoms. The maximum Gasteiger partial charge on any atom is 0.225 e. The third-order valence-corrected chi connectivity index (χ3v) is 5.56. The van der Waals surface area contributed by atoms with Crippen LogP contribution < -0.4 is 4.90 Å². The fourth-order valence-electron chi connectivity index (χ4n) is 3.89. The maximum absolute atomic E-state index is 13.7. The summed E-state index contributed by atoms with van der Waals surface area (Å²) in [6.45, 7) is 5.56. The Morgan fingerprint density at radius 1 is 1.28 bits per heavy atom. The zero-order valence-electron chi connectivity index (χ0n) is 17.3. The Morgan fingerprint density at radius 3 is 2.79 bits per heavy atom. The van der Waals surface area contributed by atoms with Gasteiger partial charge in [0.25, 0.3) is 0 Å². The number of rotatable bonds is 5. The van der Waals surface area contributed by atoms with Gasteiger partial charge in [0, 0.05) is 32.4 Å². The van der Waals surface area contributed by atoms with E-state index in [0.717, 1.165) is 53.2 Å². The molecule has 0 spiro atoms. The Bertz CT molecular complexity index is 1020. The van der Waals surface area contributed by atoms with Crippen molar-refractivity contribution in [2.45, 2.75) is 39.3 Å². The van der Waals surface area contributed by atoms with E-state index in [2.05, 4.69) is 15.0 Å². The molecule has 4 rings (SSSR count). The molecule has 1 fully saturated rings. The highest BCUT2D eigenvalue weighted by Gasteiger charge is 2.31. The summed E-state index contributed by atoms with van der Waals surface area (Å²) in [7, 11) is 3.86. The average molecular weight is 395 g/mol. The molecule has 2 aromatic heterocycles. The lowest BCUT2D eigenvalue weighted by Crippen LogP contribution is -2.25. The second-order valence-corrected chi connectivity index (χ2v) is 7.84. The van der Waals surface area contributed by atoms with Crippen LogP contribution in [0.5, 0.6) is 0 Å². The standard InChI is InChI=1S/C22H26FN5O/c1-14-15(2)26-29-21(14)18-12-24-22(27(3)4)25-20(18)19-9-6-10-28(19)13-16-7-5-8-17(23)11-16/h5,7-8,11-12,19H,6,9-10,13H2,1-4H3. The van der Waals surface area contributed by atoms with Crippen molar-refractivity contribution >= 4 is 5.95 Å². The van der Waals surface area contributed by atoms with E-state index in [-0.39, 0.29) is 11.9 Å².